The summed E-state index contributed by atoms with van der Waals surface area (Å²) in [5.74, 6) is 1.99. The number of nitrogens with one attached hydrogen (secondary N) is 2. The molecular formula is C19H23N3O2S. The smallest absolute Gasteiger partial charge is 0.257 e. The fourth-order valence-electron chi connectivity index (χ4n) is 3.01. The number of ether oxygens (including phenoxy) is 1. The van der Waals surface area contributed by atoms with Crippen LogP contribution in [-0.4, -0.2) is 30.6 Å². The molecule has 1 aromatic carbocycles. The lowest BCUT2D eigenvalue weighted by Gasteiger charge is -2.20. The molecule has 2 aromatic rings. The van der Waals surface area contributed by atoms with Gasteiger partial charge in [0.05, 0.1) is 6.61 Å². The molecule has 2 heterocycles. The van der Waals surface area contributed by atoms with Crippen molar-refractivity contribution >= 4 is 22.4 Å². The van der Waals surface area contributed by atoms with Crippen molar-refractivity contribution in [3.8, 4) is 5.75 Å². The fourth-order valence-corrected chi connectivity index (χ4v) is 3.99. The Kier molecular flexibility index (Phi) is 4.99. The number of anilines is 1. The first-order chi connectivity index (χ1) is 12.3. The van der Waals surface area contributed by atoms with Gasteiger partial charge in [-0.05, 0) is 74.9 Å². The van der Waals surface area contributed by atoms with Crippen molar-refractivity contribution in [2.24, 2.45) is 5.92 Å². The Labute approximate surface area is 151 Å². The summed E-state index contributed by atoms with van der Waals surface area (Å²) in [5, 5.41) is 6.96. The molecule has 1 aliphatic heterocycles. The van der Waals surface area contributed by atoms with Crippen LogP contribution in [0.15, 0.2) is 30.5 Å². The molecule has 132 valence electrons. The maximum Gasteiger partial charge on any atom is 0.257 e. The number of amides is 1. The van der Waals surface area contributed by atoms with Gasteiger partial charge >= 0.3 is 0 Å². The molecule has 6 heteroatoms. The average molecular weight is 357 g/mol. The molecule has 1 saturated heterocycles. The Morgan fingerprint density at radius 2 is 1.96 bits per heavy atom. The van der Waals surface area contributed by atoms with Gasteiger partial charge in [0.2, 0.25) is 0 Å². The van der Waals surface area contributed by atoms with Crippen LogP contribution in [0.3, 0.4) is 0 Å². The minimum atomic E-state index is -0.125. The van der Waals surface area contributed by atoms with E-state index in [1.54, 1.807) is 23.5 Å². The lowest BCUT2D eigenvalue weighted by Crippen LogP contribution is -2.26. The third-order valence-electron chi connectivity index (χ3n) is 4.78. The molecule has 0 bridgehead atoms. The Morgan fingerprint density at radius 1 is 1.20 bits per heavy atom. The van der Waals surface area contributed by atoms with E-state index >= 15 is 0 Å². The first kappa shape index (κ1) is 16.5. The predicted molar refractivity (Wildman–Crippen MR) is 99.6 cm³/mol. The molecule has 25 heavy (non-hydrogen) atoms. The van der Waals surface area contributed by atoms with Gasteiger partial charge in [-0.1, -0.05) is 0 Å². The number of piperidine rings is 1. The quantitative estimate of drug-likeness (QED) is 0.828. The molecule has 0 radical (unpaired) electrons. The number of hydrogen-bond acceptors (Lipinski definition) is 5. The molecule has 4 rings (SSSR count). The van der Waals surface area contributed by atoms with Crippen LogP contribution in [0.5, 0.6) is 5.75 Å². The second-order valence-electron chi connectivity index (χ2n) is 6.82. The van der Waals surface area contributed by atoms with Crippen LogP contribution in [0.2, 0.25) is 0 Å². The molecule has 0 spiro atoms. The van der Waals surface area contributed by atoms with Gasteiger partial charge in [-0.3, -0.25) is 10.1 Å². The van der Waals surface area contributed by atoms with Gasteiger partial charge in [0.15, 0.2) is 5.13 Å². The van der Waals surface area contributed by atoms with Crippen LogP contribution in [0, 0.1) is 5.92 Å². The largest absolute Gasteiger partial charge is 0.493 e. The van der Waals surface area contributed by atoms with Crippen LogP contribution < -0.4 is 15.4 Å². The summed E-state index contributed by atoms with van der Waals surface area (Å²) < 4.78 is 5.71. The van der Waals surface area contributed by atoms with E-state index in [1.165, 1.54) is 17.7 Å². The number of aromatic nitrogens is 1. The van der Waals surface area contributed by atoms with Gasteiger partial charge in [0.25, 0.3) is 5.91 Å². The van der Waals surface area contributed by atoms with Gasteiger partial charge in [-0.25, -0.2) is 4.98 Å². The molecule has 1 aromatic heterocycles. The number of thiazole rings is 1. The monoisotopic (exact) mass is 357 g/mol. The molecule has 2 N–H and O–H groups in total. The van der Waals surface area contributed by atoms with Crippen LogP contribution in [-0.2, 0) is 0 Å². The van der Waals surface area contributed by atoms with Crippen LogP contribution >= 0.6 is 11.3 Å². The maximum absolute atomic E-state index is 12.4. The summed E-state index contributed by atoms with van der Waals surface area (Å²) in [5.41, 5.74) is 0.623. The zero-order valence-electron chi connectivity index (χ0n) is 14.2. The van der Waals surface area contributed by atoms with Crippen LogP contribution in [0.4, 0.5) is 5.13 Å². The van der Waals surface area contributed by atoms with Crippen molar-refractivity contribution in [2.75, 3.05) is 25.0 Å². The number of nitrogens with zero attached hydrogens (tertiary/aromatic N) is 1. The SMILES string of the molecule is O=C(Nc1ncc(C2CCNCC2)s1)c1ccc(OCC2CC2)cc1. The second kappa shape index (κ2) is 7.54. The highest BCUT2D eigenvalue weighted by Crippen LogP contribution is 2.32. The van der Waals surface area contributed by atoms with Crippen LogP contribution in [0.1, 0.15) is 46.8 Å². The lowest BCUT2D eigenvalue weighted by molar-refractivity contribution is 0.102. The van der Waals surface area contributed by atoms with Crippen molar-refractivity contribution < 1.29 is 9.53 Å². The van der Waals surface area contributed by atoms with Gasteiger partial charge in [-0.2, -0.15) is 0 Å². The van der Waals surface area contributed by atoms with E-state index in [4.69, 9.17) is 4.74 Å². The summed E-state index contributed by atoms with van der Waals surface area (Å²) in [4.78, 5) is 18.0. The van der Waals surface area contributed by atoms with Crippen molar-refractivity contribution in [3.63, 3.8) is 0 Å². The number of rotatable bonds is 6. The second-order valence-corrected chi connectivity index (χ2v) is 7.89. The van der Waals surface area contributed by atoms with Crippen molar-refractivity contribution in [2.45, 2.75) is 31.6 Å². The third-order valence-corrected chi connectivity index (χ3v) is 5.86. The average Bonchev–Trinajstić information content (AvgIpc) is 3.38. The predicted octanol–water partition coefficient (Wildman–Crippen LogP) is 3.65. The highest BCUT2D eigenvalue weighted by Gasteiger charge is 2.22. The molecule has 0 atom stereocenters. The van der Waals surface area contributed by atoms with Gasteiger partial charge in [0, 0.05) is 16.6 Å². The number of carbonyl (C=O) groups excluding carboxylic acids is 1. The zero-order chi connectivity index (χ0) is 17.1. The van der Waals surface area contributed by atoms with Crippen molar-refractivity contribution in [3.05, 3.63) is 40.9 Å². The molecule has 1 amide bonds. The van der Waals surface area contributed by atoms with Gasteiger partial charge in [0.1, 0.15) is 5.75 Å². The zero-order valence-corrected chi connectivity index (χ0v) is 15.0. The van der Waals surface area contributed by atoms with E-state index in [2.05, 4.69) is 15.6 Å². The highest BCUT2D eigenvalue weighted by molar-refractivity contribution is 7.15. The normalized spacial score (nSPS) is 18.1. The van der Waals surface area contributed by atoms with Crippen molar-refractivity contribution in [1.29, 1.82) is 0 Å². The summed E-state index contributed by atoms with van der Waals surface area (Å²) >= 11 is 1.59. The van der Waals surface area contributed by atoms with Crippen LogP contribution in [0.25, 0.3) is 0 Å². The first-order valence-electron chi connectivity index (χ1n) is 8.98. The van der Waals surface area contributed by atoms with E-state index < -0.39 is 0 Å². The van der Waals surface area contributed by atoms with Gasteiger partial charge in [-0.15, -0.1) is 11.3 Å². The minimum Gasteiger partial charge on any atom is -0.493 e. The molecule has 2 aliphatic rings. The minimum absolute atomic E-state index is 0.125. The number of benzene rings is 1. The Hall–Kier alpha value is -1.92. The molecule has 1 saturated carbocycles. The van der Waals surface area contributed by atoms with E-state index in [1.807, 2.05) is 18.3 Å². The van der Waals surface area contributed by atoms with E-state index in [-0.39, 0.29) is 5.91 Å². The Balaban J connectivity index is 1.33. The molecule has 1 aliphatic carbocycles. The van der Waals surface area contributed by atoms with E-state index in [0.717, 1.165) is 44.2 Å². The topological polar surface area (TPSA) is 63.2 Å². The first-order valence-corrected chi connectivity index (χ1v) is 9.80. The summed E-state index contributed by atoms with van der Waals surface area (Å²) in [7, 11) is 0. The summed E-state index contributed by atoms with van der Waals surface area (Å²) in [6, 6.07) is 7.33. The Morgan fingerprint density at radius 3 is 2.68 bits per heavy atom. The number of hydrogen-bond donors (Lipinski definition) is 2. The summed E-state index contributed by atoms with van der Waals surface area (Å²) in [6.45, 7) is 2.89. The summed E-state index contributed by atoms with van der Waals surface area (Å²) in [6.07, 6.45) is 6.72. The molecule has 0 unspecified atom stereocenters. The number of carbonyl (C=O) groups is 1. The lowest BCUT2D eigenvalue weighted by atomic mass is 9.97. The van der Waals surface area contributed by atoms with Gasteiger partial charge < -0.3 is 10.1 Å². The highest BCUT2D eigenvalue weighted by atomic mass is 32.1. The van der Waals surface area contributed by atoms with E-state index in [0.29, 0.717) is 16.6 Å². The standard InChI is InChI=1S/C19H23N3O2S/c23-18(15-3-5-16(6-4-15)24-12-13-1-2-13)22-19-21-11-17(25-19)14-7-9-20-10-8-14/h3-6,11,13-14,20H,1-2,7-10,12H2,(H,21,22,23). The third kappa shape index (κ3) is 4.38. The van der Waals surface area contributed by atoms with E-state index in [9.17, 15) is 4.79 Å². The Bertz CT molecular complexity index is 719. The maximum atomic E-state index is 12.4. The molecular weight excluding hydrogens is 334 g/mol. The fraction of sp³-hybridized carbons (Fsp3) is 0.474. The molecule has 5 nitrogen and oxygen atoms in total. The molecule has 2 fully saturated rings. The van der Waals surface area contributed by atoms with Crippen molar-refractivity contribution in [1.82, 2.24) is 10.3 Å².